The van der Waals surface area contributed by atoms with E-state index >= 15 is 0 Å². The number of aryl methyl sites for hydroxylation is 2. The van der Waals surface area contributed by atoms with Crippen LogP contribution in [-0.2, 0) is 10.0 Å². The first-order valence-electron chi connectivity index (χ1n) is 9.85. The number of rotatable bonds is 7. The summed E-state index contributed by atoms with van der Waals surface area (Å²) >= 11 is 0. The van der Waals surface area contributed by atoms with E-state index in [1.165, 1.54) is 5.56 Å². The van der Waals surface area contributed by atoms with Crippen LogP contribution >= 0.6 is 0 Å². The summed E-state index contributed by atoms with van der Waals surface area (Å²) in [6.07, 6.45) is 0.767. The molecule has 0 saturated carbocycles. The van der Waals surface area contributed by atoms with E-state index < -0.39 is 10.0 Å². The molecule has 0 heterocycles. The molecule has 0 radical (unpaired) electrons. The Morgan fingerprint density at radius 1 is 0.833 bits per heavy atom. The van der Waals surface area contributed by atoms with E-state index in [0.717, 1.165) is 17.5 Å². The number of nitrogens with one attached hydrogen (secondary N) is 2. The van der Waals surface area contributed by atoms with E-state index in [4.69, 9.17) is 0 Å². The molecule has 0 aliphatic heterocycles. The summed E-state index contributed by atoms with van der Waals surface area (Å²) in [6.45, 7) is 5.95. The fourth-order valence-corrected chi connectivity index (χ4v) is 4.14. The van der Waals surface area contributed by atoms with Crippen LogP contribution in [0, 0.1) is 13.8 Å². The van der Waals surface area contributed by atoms with Gasteiger partial charge in [0, 0.05) is 11.3 Å². The van der Waals surface area contributed by atoms with Gasteiger partial charge in [-0.1, -0.05) is 54.4 Å². The monoisotopic (exact) mass is 422 g/mol. The zero-order chi connectivity index (χ0) is 21.7. The second-order valence-electron chi connectivity index (χ2n) is 7.34. The third-order valence-corrected chi connectivity index (χ3v) is 6.32. The SMILES string of the molecule is CC[C@@H](NC(=O)c1ccc(NS(=O)(=O)c2ccc(C)cc2)cc1)c1ccc(C)cc1. The molecule has 3 aromatic rings. The van der Waals surface area contributed by atoms with Crippen molar-refractivity contribution in [1.29, 1.82) is 0 Å². The molecule has 156 valence electrons. The number of hydrogen-bond donors (Lipinski definition) is 2. The lowest BCUT2D eigenvalue weighted by molar-refractivity contribution is 0.0935. The molecular weight excluding hydrogens is 396 g/mol. The quantitative estimate of drug-likeness (QED) is 0.563. The van der Waals surface area contributed by atoms with Crippen molar-refractivity contribution in [3.8, 4) is 0 Å². The lowest BCUT2D eigenvalue weighted by atomic mass is 10.0. The third kappa shape index (κ3) is 5.27. The Hall–Kier alpha value is -3.12. The first kappa shape index (κ1) is 21.6. The summed E-state index contributed by atoms with van der Waals surface area (Å²) in [5.41, 5.74) is 4.08. The number of benzene rings is 3. The molecule has 0 bridgehead atoms. The summed E-state index contributed by atoms with van der Waals surface area (Å²) in [4.78, 5) is 12.8. The molecule has 0 aromatic heterocycles. The van der Waals surface area contributed by atoms with Gasteiger partial charge in [0.25, 0.3) is 15.9 Å². The van der Waals surface area contributed by atoms with Gasteiger partial charge in [-0.05, 0) is 62.2 Å². The number of carbonyl (C=O) groups excluding carboxylic acids is 1. The van der Waals surface area contributed by atoms with E-state index in [1.54, 1.807) is 48.5 Å². The van der Waals surface area contributed by atoms with Gasteiger partial charge in [-0.25, -0.2) is 8.42 Å². The van der Waals surface area contributed by atoms with Crippen molar-refractivity contribution >= 4 is 21.6 Å². The van der Waals surface area contributed by atoms with Crippen molar-refractivity contribution in [3.05, 3.63) is 95.1 Å². The van der Waals surface area contributed by atoms with Gasteiger partial charge in [0.15, 0.2) is 0 Å². The van der Waals surface area contributed by atoms with E-state index in [-0.39, 0.29) is 16.8 Å². The van der Waals surface area contributed by atoms with E-state index in [2.05, 4.69) is 10.0 Å². The highest BCUT2D eigenvalue weighted by Crippen LogP contribution is 2.20. The minimum atomic E-state index is -3.68. The standard InChI is InChI=1S/C24H26N2O3S/c1-4-23(19-9-5-17(2)6-10-19)25-24(27)20-11-13-21(14-12-20)26-30(28,29)22-15-7-18(3)8-16-22/h5-16,23,26H,4H2,1-3H3,(H,25,27)/t23-/m1/s1. The maximum absolute atomic E-state index is 12.7. The van der Waals surface area contributed by atoms with Gasteiger partial charge in [-0.2, -0.15) is 0 Å². The average Bonchev–Trinajstić information content (AvgIpc) is 2.73. The van der Waals surface area contributed by atoms with Gasteiger partial charge in [-0.3, -0.25) is 9.52 Å². The molecule has 6 heteroatoms. The highest BCUT2D eigenvalue weighted by molar-refractivity contribution is 7.92. The molecule has 0 fully saturated rings. The second-order valence-corrected chi connectivity index (χ2v) is 9.02. The fourth-order valence-electron chi connectivity index (χ4n) is 3.08. The van der Waals surface area contributed by atoms with Crippen molar-refractivity contribution < 1.29 is 13.2 Å². The van der Waals surface area contributed by atoms with Gasteiger partial charge in [0.2, 0.25) is 0 Å². The number of anilines is 1. The van der Waals surface area contributed by atoms with Crippen molar-refractivity contribution in [2.24, 2.45) is 0 Å². The van der Waals surface area contributed by atoms with Crippen LogP contribution in [0.1, 0.15) is 46.4 Å². The zero-order valence-electron chi connectivity index (χ0n) is 17.3. The molecule has 0 spiro atoms. The maximum Gasteiger partial charge on any atom is 0.261 e. The number of carbonyl (C=O) groups is 1. The molecule has 3 aromatic carbocycles. The smallest absolute Gasteiger partial charge is 0.261 e. The fraction of sp³-hybridized carbons (Fsp3) is 0.208. The topological polar surface area (TPSA) is 75.3 Å². The van der Waals surface area contributed by atoms with E-state index in [0.29, 0.717) is 11.3 Å². The van der Waals surface area contributed by atoms with Crippen LogP contribution in [-0.4, -0.2) is 14.3 Å². The summed E-state index contributed by atoms with van der Waals surface area (Å²) in [5, 5.41) is 3.04. The average molecular weight is 423 g/mol. The molecule has 2 N–H and O–H groups in total. The van der Waals surface area contributed by atoms with Crippen LogP contribution in [0.15, 0.2) is 77.7 Å². The van der Waals surface area contributed by atoms with Crippen molar-refractivity contribution in [2.45, 2.75) is 38.1 Å². The minimum Gasteiger partial charge on any atom is -0.345 e. The molecule has 0 aliphatic rings. The van der Waals surface area contributed by atoms with Crippen LogP contribution in [0.2, 0.25) is 0 Å². The molecule has 1 atom stereocenters. The Morgan fingerprint density at radius 3 is 1.90 bits per heavy atom. The lowest BCUT2D eigenvalue weighted by Crippen LogP contribution is -2.28. The number of amides is 1. The molecule has 0 saturated heterocycles. The molecule has 5 nitrogen and oxygen atoms in total. The molecule has 0 unspecified atom stereocenters. The first-order chi connectivity index (χ1) is 14.3. The highest BCUT2D eigenvalue weighted by atomic mass is 32.2. The van der Waals surface area contributed by atoms with Crippen LogP contribution in [0.3, 0.4) is 0 Å². The van der Waals surface area contributed by atoms with Crippen LogP contribution in [0.5, 0.6) is 0 Å². The predicted molar refractivity (Wildman–Crippen MR) is 120 cm³/mol. The van der Waals surface area contributed by atoms with Crippen LogP contribution in [0.25, 0.3) is 0 Å². The van der Waals surface area contributed by atoms with Crippen molar-refractivity contribution in [3.63, 3.8) is 0 Å². The van der Waals surface area contributed by atoms with Gasteiger partial charge in [0.1, 0.15) is 0 Å². The predicted octanol–water partition coefficient (Wildman–Crippen LogP) is 4.99. The van der Waals surface area contributed by atoms with Crippen molar-refractivity contribution in [1.82, 2.24) is 5.32 Å². The normalized spacial score (nSPS) is 12.2. The summed E-state index contributed by atoms with van der Waals surface area (Å²) < 4.78 is 27.6. The largest absolute Gasteiger partial charge is 0.345 e. The van der Waals surface area contributed by atoms with Gasteiger partial charge in [-0.15, -0.1) is 0 Å². The molecule has 3 rings (SSSR count). The van der Waals surface area contributed by atoms with Gasteiger partial charge >= 0.3 is 0 Å². The van der Waals surface area contributed by atoms with Gasteiger partial charge in [0.05, 0.1) is 10.9 Å². The maximum atomic E-state index is 12.7. The third-order valence-electron chi connectivity index (χ3n) is 4.92. The van der Waals surface area contributed by atoms with E-state index in [9.17, 15) is 13.2 Å². The Bertz CT molecular complexity index is 1100. The first-order valence-corrected chi connectivity index (χ1v) is 11.3. The zero-order valence-corrected chi connectivity index (χ0v) is 18.2. The number of sulfonamides is 1. The molecule has 1 amide bonds. The Labute approximate surface area is 178 Å². The Morgan fingerprint density at radius 2 is 1.37 bits per heavy atom. The van der Waals surface area contributed by atoms with Crippen LogP contribution < -0.4 is 10.0 Å². The van der Waals surface area contributed by atoms with Crippen molar-refractivity contribution in [2.75, 3.05) is 4.72 Å². The molecule has 30 heavy (non-hydrogen) atoms. The Kier molecular flexibility index (Phi) is 6.57. The van der Waals surface area contributed by atoms with E-state index in [1.807, 2.05) is 45.0 Å². The second kappa shape index (κ2) is 9.13. The molecule has 0 aliphatic carbocycles. The highest BCUT2D eigenvalue weighted by Gasteiger charge is 2.16. The van der Waals surface area contributed by atoms with Crippen LogP contribution in [0.4, 0.5) is 5.69 Å². The lowest BCUT2D eigenvalue weighted by Gasteiger charge is -2.18. The summed E-state index contributed by atoms with van der Waals surface area (Å²) in [7, 11) is -3.68. The Balaban J connectivity index is 1.69. The molecular formula is C24H26N2O3S. The number of hydrogen-bond acceptors (Lipinski definition) is 3. The van der Waals surface area contributed by atoms with Gasteiger partial charge < -0.3 is 5.32 Å². The summed E-state index contributed by atoms with van der Waals surface area (Å²) in [5.74, 6) is -0.199. The summed E-state index contributed by atoms with van der Waals surface area (Å²) in [6, 6.07) is 21.1. The minimum absolute atomic E-state index is 0.0854.